The van der Waals surface area contributed by atoms with Gasteiger partial charge in [0.1, 0.15) is 5.84 Å². The molecule has 1 aliphatic rings. The van der Waals surface area contributed by atoms with Crippen LogP contribution in [-0.2, 0) is 0 Å². The van der Waals surface area contributed by atoms with Gasteiger partial charge in [-0.1, -0.05) is 23.2 Å². The highest BCUT2D eigenvalue weighted by molar-refractivity contribution is 6.36. The van der Waals surface area contributed by atoms with Crippen LogP contribution in [0.15, 0.2) is 40.0 Å². The Morgan fingerprint density at radius 2 is 2.00 bits per heavy atom. The predicted octanol–water partition coefficient (Wildman–Crippen LogP) is 4.85. The molecule has 158 valence electrons. The third kappa shape index (κ3) is 6.87. The highest BCUT2D eigenvalue weighted by Crippen LogP contribution is 2.29. The van der Waals surface area contributed by atoms with E-state index >= 15 is 0 Å². The van der Waals surface area contributed by atoms with E-state index in [1.807, 2.05) is 11.8 Å². The molecule has 1 unspecified atom stereocenters. The SMILES string of the molecule is C=N/C(C)=N\C=C(/C)C(CNC(=O)c1ccc(Cl)cc1Cl)N1CCC(F)(F)CC1. The monoisotopic (exact) mass is 444 g/mol. The highest BCUT2D eigenvalue weighted by Gasteiger charge is 2.36. The Hall–Kier alpha value is -1.83. The van der Waals surface area contributed by atoms with E-state index in [1.54, 1.807) is 25.3 Å². The number of nitrogens with zero attached hydrogens (tertiary/aromatic N) is 3. The molecule has 1 N–H and O–H groups in total. The molecule has 0 aromatic heterocycles. The summed E-state index contributed by atoms with van der Waals surface area (Å²) in [4.78, 5) is 22.4. The summed E-state index contributed by atoms with van der Waals surface area (Å²) in [7, 11) is 0. The Labute approximate surface area is 179 Å². The largest absolute Gasteiger partial charge is 0.350 e. The van der Waals surface area contributed by atoms with Crippen LogP contribution in [0, 0.1) is 0 Å². The molecule has 1 fully saturated rings. The van der Waals surface area contributed by atoms with Gasteiger partial charge in [0, 0.05) is 49.7 Å². The Bertz CT molecular complexity index is 817. The maximum absolute atomic E-state index is 13.6. The third-order valence-electron chi connectivity index (χ3n) is 4.81. The van der Waals surface area contributed by atoms with E-state index in [9.17, 15) is 13.6 Å². The third-order valence-corrected chi connectivity index (χ3v) is 5.36. The lowest BCUT2D eigenvalue weighted by atomic mass is 10.0. The first kappa shape index (κ1) is 23.4. The van der Waals surface area contributed by atoms with Crippen molar-refractivity contribution < 1.29 is 13.6 Å². The van der Waals surface area contributed by atoms with Crippen LogP contribution >= 0.6 is 23.2 Å². The van der Waals surface area contributed by atoms with Gasteiger partial charge in [-0.2, -0.15) is 0 Å². The van der Waals surface area contributed by atoms with E-state index in [0.717, 1.165) is 5.57 Å². The molecule has 29 heavy (non-hydrogen) atoms. The number of amidine groups is 1. The van der Waals surface area contributed by atoms with Crippen molar-refractivity contribution >= 4 is 41.7 Å². The molecular formula is C20H24Cl2F2N4O. The molecule has 5 nitrogen and oxygen atoms in total. The first-order chi connectivity index (χ1) is 13.6. The van der Waals surface area contributed by atoms with Crippen LogP contribution in [0.1, 0.15) is 37.0 Å². The quantitative estimate of drug-likeness (QED) is 0.503. The lowest BCUT2D eigenvalue weighted by Crippen LogP contribution is -2.50. The maximum Gasteiger partial charge on any atom is 0.252 e. The molecule has 0 saturated carbocycles. The van der Waals surface area contributed by atoms with Crippen molar-refractivity contribution in [3.05, 3.63) is 45.6 Å². The maximum atomic E-state index is 13.6. The summed E-state index contributed by atoms with van der Waals surface area (Å²) >= 11 is 12.0. The summed E-state index contributed by atoms with van der Waals surface area (Å²) in [6.45, 7) is 7.64. The lowest BCUT2D eigenvalue weighted by Gasteiger charge is -2.38. The molecule has 2 rings (SSSR count). The molecule has 1 heterocycles. The summed E-state index contributed by atoms with van der Waals surface area (Å²) in [5.74, 6) is -2.52. The van der Waals surface area contributed by atoms with E-state index in [1.165, 1.54) is 6.07 Å². The van der Waals surface area contributed by atoms with E-state index in [-0.39, 0.29) is 49.4 Å². The molecular weight excluding hydrogens is 421 g/mol. The van der Waals surface area contributed by atoms with Crippen molar-refractivity contribution in [1.29, 1.82) is 0 Å². The van der Waals surface area contributed by atoms with Gasteiger partial charge >= 0.3 is 0 Å². The number of likely N-dealkylation sites (tertiary alicyclic amines) is 1. The van der Waals surface area contributed by atoms with Crippen LogP contribution in [-0.4, -0.2) is 55.0 Å². The average molecular weight is 445 g/mol. The summed E-state index contributed by atoms with van der Waals surface area (Å²) < 4.78 is 27.2. The standard InChI is InChI=1S/C20H24Cl2F2N4O/c1-13(11-26-14(2)25-3)18(28-8-6-20(23,24)7-9-28)12-27-19(29)16-5-4-15(21)10-17(16)22/h4-5,10-11,18H,3,6-9,12H2,1-2H3,(H,27,29)/b13-11+,26-14-. The molecule has 1 aromatic carbocycles. The van der Waals surface area contributed by atoms with Crippen LogP contribution in [0.3, 0.4) is 0 Å². The number of benzene rings is 1. The molecule has 1 amide bonds. The zero-order chi connectivity index (χ0) is 21.6. The number of alkyl halides is 2. The number of hydrogen-bond donors (Lipinski definition) is 1. The number of halogens is 4. The van der Waals surface area contributed by atoms with Crippen LogP contribution in [0.2, 0.25) is 10.0 Å². The van der Waals surface area contributed by atoms with Crippen LogP contribution < -0.4 is 5.32 Å². The van der Waals surface area contributed by atoms with Crippen molar-refractivity contribution in [3.63, 3.8) is 0 Å². The number of piperidine rings is 1. The number of carbonyl (C=O) groups excluding carboxylic acids is 1. The molecule has 0 bridgehead atoms. The Morgan fingerprint density at radius 3 is 2.59 bits per heavy atom. The average Bonchev–Trinajstić information content (AvgIpc) is 2.66. The first-order valence-electron chi connectivity index (χ1n) is 9.16. The molecule has 1 aliphatic heterocycles. The summed E-state index contributed by atoms with van der Waals surface area (Å²) in [5, 5.41) is 3.52. The minimum absolute atomic E-state index is 0.218. The second kappa shape index (κ2) is 10.3. The van der Waals surface area contributed by atoms with Crippen molar-refractivity contribution in [2.75, 3.05) is 19.6 Å². The molecule has 0 radical (unpaired) electrons. The zero-order valence-electron chi connectivity index (χ0n) is 16.4. The fraction of sp³-hybridized carbons (Fsp3) is 0.450. The predicted molar refractivity (Wildman–Crippen MR) is 115 cm³/mol. The second-order valence-electron chi connectivity index (χ2n) is 6.95. The van der Waals surface area contributed by atoms with Gasteiger partial charge in [-0.25, -0.2) is 18.8 Å². The molecule has 1 saturated heterocycles. The minimum Gasteiger partial charge on any atom is -0.350 e. The van der Waals surface area contributed by atoms with Gasteiger partial charge in [0.15, 0.2) is 0 Å². The van der Waals surface area contributed by atoms with Crippen molar-refractivity contribution in [3.8, 4) is 0 Å². The van der Waals surface area contributed by atoms with Gasteiger partial charge in [-0.3, -0.25) is 9.69 Å². The van der Waals surface area contributed by atoms with Crippen molar-refractivity contribution in [1.82, 2.24) is 10.2 Å². The summed E-state index contributed by atoms with van der Waals surface area (Å²) in [5.41, 5.74) is 1.12. The highest BCUT2D eigenvalue weighted by atomic mass is 35.5. The molecule has 0 spiro atoms. The number of nitrogens with one attached hydrogen (secondary N) is 1. The van der Waals surface area contributed by atoms with Gasteiger partial charge in [-0.05, 0) is 44.3 Å². The van der Waals surface area contributed by atoms with Crippen molar-refractivity contribution in [2.45, 2.75) is 38.7 Å². The van der Waals surface area contributed by atoms with E-state index in [2.05, 4.69) is 22.0 Å². The van der Waals surface area contributed by atoms with Crippen LogP contribution in [0.5, 0.6) is 0 Å². The van der Waals surface area contributed by atoms with E-state index < -0.39 is 5.92 Å². The molecule has 0 aliphatic carbocycles. The molecule has 1 aromatic rings. The van der Waals surface area contributed by atoms with Gasteiger partial charge in [0.2, 0.25) is 0 Å². The van der Waals surface area contributed by atoms with Gasteiger partial charge < -0.3 is 5.32 Å². The van der Waals surface area contributed by atoms with Crippen LogP contribution in [0.4, 0.5) is 8.78 Å². The molecule has 9 heteroatoms. The van der Waals surface area contributed by atoms with E-state index in [0.29, 0.717) is 16.4 Å². The number of aliphatic imine (C=N–C) groups is 2. The Morgan fingerprint density at radius 1 is 1.34 bits per heavy atom. The lowest BCUT2D eigenvalue weighted by molar-refractivity contribution is -0.0602. The summed E-state index contributed by atoms with van der Waals surface area (Å²) in [6, 6.07) is 4.33. The number of carbonyl (C=O) groups is 1. The normalized spacial score (nSPS) is 19.0. The Balaban J connectivity index is 2.16. The van der Waals surface area contributed by atoms with Gasteiger partial charge in [0.05, 0.1) is 10.6 Å². The van der Waals surface area contributed by atoms with E-state index in [4.69, 9.17) is 23.2 Å². The number of hydrogen-bond acceptors (Lipinski definition) is 3. The van der Waals surface area contributed by atoms with Gasteiger partial charge in [0.25, 0.3) is 11.8 Å². The van der Waals surface area contributed by atoms with Crippen LogP contribution in [0.25, 0.3) is 0 Å². The first-order valence-corrected chi connectivity index (χ1v) is 9.91. The number of rotatable bonds is 6. The fourth-order valence-corrected chi connectivity index (χ4v) is 3.52. The van der Waals surface area contributed by atoms with Crippen molar-refractivity contribution in [2.24, 2.45) is 9.98 Å². The van der Waals surface area contributed by atoms with Gasteiger partial charge in [-0.15, -0.1) is 0 Å². The smallest absolute Gasteiger partial charge is 0.252 e. The fourth-order valence-electron chi connectivity index (χ4n) is 3.02. The molecule has 1 atom stereocenters. The second-order valence-corrected chi connectivity index (χ2v) is 7.79. The number of amides is 1. The zero-order valence-corrected chi connectivity index (χ0v) is 17.9. The topological polar surface area (TPSA) is 57.1 Å². The summed E-state index contributed by atoms with van der Waals surface area (Å²) in [6.07, 6.45) is 1.19. The Kier molecular flexibility index (Phi) is 8.31. The minimum atomic E-state index is -2.65.